The van der Waals surface area contributed by atoms with Gasteiger partial charge < -0.3 is 0 Å². The van der Waals surface area contributed by atoms with Crippen molar-refractivity contribution in [2.24, 2.45) is 5.92 Å². The first-order valence-corrected chi connectivity index (χ1v) is 7.89. The first kappa shape index (κ1) is 14.3. The van der Waals surface area contributed by atoms with Crippen LogP contribution in [0.25, 0.3) is 10.9 Å². The second-order valence-corrected chi connectivity index (χ2v) is 6.57. The molecule has 0 radical (unpaired) electrons. The lowest BCUT2D eigenvalue weighted by molar-refractivity contribution is -0.124. The van der Waals surface area contributed by atoms with Crippen molar-refractivity contribution >= 4 is 28.4 Å². The van der Waals surface area contributed by atoms with E-state index >= 15 is 0 Å². The standard InChI is InChI=1S/C18H17FN2O2/c1-9(22)21(10(2)23)18-13-8-11-6-12(7-11)17(13)20-15-5-3-4-14(19)16(15)18/h3-5,11-12H,6-8H2,1-2H3. The van der Waals surface area contributed by atoms with Crippen LogP contribution in [0.15, 0.2) is 18.2 Å². The van der Waals surface area contributed by atoms with Crippen molar-refractivity contribution in [1.29, 1.82) is 0 Å². The number of hydrogen-bond donors (Lipinski definition) is 0. The predicted molar refractivity (Wildman–Crippen MR) is 84.7 cm³/mol. The Hall–Kier alpha value is -2.30. The molecule has 0 atom stereocenters. The highest BCUT2D eigenvalue weighted by molar-refractivity contribution is 6.18. The molecule has 5 rings (SSSR count). The van der Waals surface area contributed by atoms with E-state index in [1.807, 2.05) is 0 Å². The van der Waals surface area contributed by atoms with Crippen molar-refractivity contribution in [2.45, 2.75) is 39.0 Å². The van der Waals surface area contributed by atoms with Crippen LogP contribution in [0.4, 0.5) is 10.1 Å². The van der Waals surface area contributed by atoms with E-state index < -0.39 is 17.6 Å². The Bertz CT molecular complexity index is 842. The summed E-state index contributed by atoms with van der Waals surface area (Å²) < 4.78 is 14.5. The fourth-order valence-electron chi connectivity index (χ4n) is 4.05. The summed E-state index contributed by atoms with van der Waals surface area (Å²) in [7, 11) is 0. The van der Waals surface area contributed by atoms with Crippen LogP contribution in [-0.4, -0.2) is 16.8 Å². The van der Waals surface area contributed by atoms with Gasteiger partial charge in [-0.05, 0) is 42.9 Å². The number of anilines is 1. The van der Waals surface area contributed by atoms with Gasteiger partial charge in [-0.15, -0.1) is 0 Å². The maximum Gasteiger partial charge on any atom is 0.230 e. The molecule has 4 nitrogen and oxygen atoms in total. The molecule has 0 N–H and O–H groups in total. The van der Waals surface area contributed by atoms with Crippen molar-refractivity contribution in [3.05, 3.63) is 35.3 Å². The van der Waals surface area contributed by atoms with Crippen LogP contribution in [0, 0.1) is 11.7 Å². The molecule has 0 spiro atoms. The molecule has 1 fully saturated rings. The van der Waals surface area contributed by atoms with Crippen LogP contribution < -0.4 is 4.90 Å². The molecule has 0 aliphatic heterocycles. The number of carbonyl (C=O) groups is 2. The average Bonchev–Trinajstić information content (AvgIpc) is 2.44. The van der Waals surface area contributed by atoms with E-state index in [1.165, 1.54) is 19.9 Å². The quantitative estimate of drug-likeness (QED) is 0.811. The van der Waals surface area contributed by atoms with Gasteiger partial charge in [0, 0.05) is 25.5 Å². The second-order valence-electron chi connectivity index (χ2n) is 6.57. The number of pyridine rings is 1. The Balaban J connectivity index is 2.11. The van der Waals surface area contributed by atoms with Crippen molar-refractivity contribution in [3.63, 3.8) is 0 Å². The predicted octanol–water partition coefficient (Wildman–Crippen LogP) is 3.32. The number of amides is 2. The van der Waals surface area contributed by atoms with Crippen LogP contribution in [0.3, 0.4) is 0 Å². The number of hydrogen-bond acceptors (Lipinski definition) is 3. The number of rotatable bonds is 1. The summed E-state index contributed by atoms with van der Waals surface area (Å²) in [6, 6.07) is 4.70. The molecule has 3 aliphatic rings. The lowest BCUT2D eigenvalue weighted by Crippen LogP contribution is -2.38. The highest BCUT2D eigenvalue weighted by atomic mass is 19.1. The molecule has 1 aromatic carbocycles. The lowest BCUT2D eigenvalue weighted by atomic mass is 9.64. The highest BCUT2D eigenvalue weighted by Crippen LogP contribution is 2.52. The Kier molecular flexibility index (Phi) is 3.01. The third-order valence-corrected chi connectivity index (χ3v) is 5.03. The van der Waals surface area contributed by atoms with E-state index in [0.717, 1.165) is 35.4 Å². The molecule has 23 heavy (non-hydrogen) atoms. The van der Waals surface area contributed by atoms with Crippen LogP contribution in [0.1, 0.15) is 43.9 Å². The molecule has 1 heterocycles. The molecule has 0 saturated heterocycles. The van der Waals surface area contributed by atoms with Gasteiger partial charge in [-0.1, -0.05) is 6.07 Å². The molecule has 1 aromatic heterocycles. The maximum atomic E-state index is 14.5. The fraction of sp³-hybridized carbons (Fsp3) is 0.389. The SMILES string of the molecule is CC(=O)N(C(C)=O)c1c2c(nc3cccc(F)c13)C1CC(C2)C1. The second kappa shape index (κ2) is 4.85. The number of aromatic nitrogens is 1. The zero-order valence-electron chi connectivity index (χ0n) is 13.1. The van der Waals surface area contributed by atoms with Gasteiger partial charge in [0.05, 0.1) is 16.6 Å². The van der Waals surface area contributed by atoms with E-state index in [0.29, 0.717) is 23.0 Å². The summed E-state index contributed by atoms with van der Waals surface area (Å²) in [6.45, 7) is 2.68. The largest absolute Gasteiger partial charge is 0.274 e. The summed E-state index contributed by atoms with van der Waals surface area (Å²) in [4.78, 5) is 29.9. The van der Waals surface area contributed by atoms with E-state index in [-0.39, 0.29) is 5.39 Å². The van der Waals surface area contributed by atoms with Crippen molar-refractivity contribution < 1.29 is 14.0 Å². The molecule has 1 saturated carbocycles. The molecule has 0 unspecified atom stereocenters. The summed E-state index contributed by atoms with van der Waals surface area (Å²) in [5, 5.41) is 0.276. The van der Waals surface area contributed by atoms with Gasteiger partial charge in [-0.3, -0.25) is 14.6 Å². The van der Waals surface area contributed by atoms with Gasteiger partial charge >= 0.3 is 0 Å². The Morgan fingerprint density at radius 2 is 1.91 bits per heavy atom. The number of halogens is 1. The van der Waals surface area contributed by atoms with Crippen molar-refractivity contribution in [2.75, 3.05) is 4.90 Å². The molecule has 2 amide bonds. The zero-order valence-corrected chi connectivity index (χ0v) is 13.1. The Morgan fingerprint density at radius 1 is 1.22 bits per heavy atom. The van der Waals surface area contributed by atoms with Crippen LogP contribution in [0.2, 0.25) is 0 Å². The first-order chi connectivity index (χ1) is 11.0. The van der Waals surface area contributed by atoms with Crippen LogP contribution in [-0.2, 0) is 16.0 Å². The summed E-state index contributed by atoms with van der Waals surface area (Å²) in [5.74, 6) is -0.307. The van der Waals surface area contributed by atoms with Crippen LogP contribution >= 0.6 is 0 Å². The molecule has 2 bridgehead atoms. The molecule has 118 valence electrons. The number of benzene rings is 1. The van der Waals surface area contributed by atoms with Gasteiger partial charge in [0.15, 0.2) is 0 Å². The minimum absolute atomic E-state index is 0.276. The van der Waals surface area contributed by atoms with E-state index in [1.54, 1.807) is 12.1 Å². The minimum atomic E-state index is -0.445. The number of imide groups is 1. The molecular weight excluding hydrogens is 295 g/mol. The molecule has 5 heteroatoms. The summed E-state index contributed by atoms with van der Waals surface area (Å²) in [5.41, 5.74) is 2.74. The first-order valence-electron chi connectivity index (χ1n) is 7.89. The van der Waals surface area contributed by atoms with E-state index in [4.69, 9.17) is 0 Å². The topological polar surface area (TPSA) is 50.3 Å². The fourth-order valence-corrected chi connectivity index (χ4v) is 4.05. The van der Waals surface area contributed by atoms with Gasteiger partial charge in [0.25, 0.3) is 0 Å². The Morgan fingerprint density at radius 3 is 2.57 bits per heavy atom. The van der Waals surface area contributed by atoms with Crippen LogP contribution in [0.5, 0.6) is 0 Å². The molecule has 2 aromatic rings. The number of fused-ring (bicyclic) bond motifs is 1. The van der Waals surface area contributed by atoms with Gasteiger partial charge in [0.1, 0.15) is 5.82 Å². The van der Waals surface area contributed by atoms with E-state index in [2.05, 4.69) is 4.98 Å². The smallest absolute Gasteiger partial charge is 0.230 e. The third-order valence-electron chi connectivity index (χ3n) is 5.03. The zero-order chi connectivity index (χ0) is 16.3. The van der Waals surface area contributed by atoms with Crippen molar-refractivity contribution in [1.82, 2.24) is 4.98 Å². The van der Waals surface area contributed by atoms with Gasteiger partial charge in [-0.25, -0.2) is 9.29 Å². The molecule has 3 aliphatic carbocycles. The third kappa shape index (κ3) is 1.99. The number of nitrogens with zero attached hydrogens (tertiary/aromatic N) is 2. The van der Waals surface area contributed by atoms with Gasteiger partial charge in [-0.2, -0.15) is 0 Å². The highest BCUT2D eigenvalue weighted by Gasteiger charge is 2.41. The number of carbonyl (C=O) groups excluding carboxylic acids is 2. The molecular formula is C18H17FN2O2. The minimum Gasteiger partial charge on any atom is -0.274 e. The van der Waals surface area contributed by atoms with E-state index in [9.17, 15) is 14.0 Å². The van der Waals surface area contributed by atoms with Crippen molar-refractivity contribution in [3.8, 4) is 0 Å². The average molecular weight is 312 g/mol. The Labute approximate surface area is 133 Å². The monoisotopic (exact) mass is 312 g/mol. The maximum absolute atomic E-state index is 14.5. The summed E-state index contributed by atoms with van der Waals surface area (Å²) >= 11 is 0. The normalized spacial score (nSPS) is 21.5. The summed E-state index contributed by atoms with van der Waals surface area (Å²) in [6.07, 6.45) is 2.95. The lowest BCUT2D eigenvalue weighted by Gasteiger charge is -2.43. The van der Waals surface area contributed by atoms with Gasteiger partial charge in [0.2, 0.25) is 11.8 Å².